The zero-order chi connectivity index (χ0) is 25.0. The molecule has 3 N–H and O–H groups in total. The molecular weight excluding hydrogens is 490 g/mol. The van der Waals surface area contributed by atoms with Crippen molar-refractivity contribution in [2.45, 2.75) is 33.1 Å². The number of thiophene rings is 1. The Bertz CT molecular complexity index is 1250. The molecule has 0 atom stereocenters. The van der Waals surface area contributed by atoms with Gasteiger partial charge in [0.1, 0.15) is 5.75 Å². The predicted molar refractivity (Wildman–Crippen MR) is 144 cm³/mol. The number of aromatic hydroxyl groups is 1. The minimum Gasteiger partial charge on any atom is -0.506 e. The number of halogens is 1. The van der Waals surface area contributed by atoms with E-state index < -0.39 is 5.97 Å². The lowest BCUT2D eigenvalue weighted by Gasteiger charge is -2.19. The SMILES string of the molecule is COC(=O)c1ccc(NC(=S)N/N=C(\C)c2csc(-c3ccc(C(C)(C)C)cc3)c2O)cc1Cl. The molecule has 0 fully saturated rings. The number of hydrogen-bond acceptors (Lipinski definition) is 6. The molecule has 9 heteroatoms. The van der Waals surface area contributed by atoms with Crippen molar-refractivity contribution in [3.05, 3.63) is 69.6 Å². The molecule has 2 aromatic carbocycles. The number of nitrogens with one attached hydrogen (secondary N) is 2. The maximum atomic E-state index is 11.7. The van der Waals surface area contributed by atoms with Crippen LogP contribution in [0.3, 0.4) is 0 Å². The maximum Gasteiger partial charge on any atom is 0.339 e. The van der Waals surface area contributed by atoms with Gasteiger partial charge in [0.05, 0.1) is 33.8 Å². The van der Waals surface area contributed by atoms with Gasteiger partial charge in [-0.3, -0.25) is 5.43 Å². The van der Waals surface area contributed by atoms with Gasteiger partial charge in [0.2, 0.25) is 0 Å². The van der Waals surface area contributed by atoms with Crippen molar-refractivity contribution < 1.29 is 14.6 Å². The summed E-state index contributed by atoms with van der Waals surface area (Å²) in [5.74, 6) is -0.335. The molecule has 0 bridgehead atoms. The third kappa shape index (κ3) is 5.94. The van der Waals surface area contributed by atoms with Gasteiger partial charge in [0.25, 0.3) is 0 Å². The van der Waals surface area contributed by atoms with E-state index in [4.69, 9.17) is 23.8 Å². The average molecular weight is 516 g/mol. The summed E-state index contributed by atoms with van der Waals surface area (Å²) < 4.78 is 4.68. The Morgan fingerprint density at radius 3 is 2.41 bits per heavy atom. The molecule has 0 amide bonds. The molecule has 0 saturated carbocycles. The van der Waals surface area contributed by atoms with E-state index in [9.17, 15) is 9.90 Å². The zero-order valence-corrected chi connectivity index (χ0v) is 21.9. The van der Waals surface area contributed by atoms with E-state index in [1.807, 2.05) is 17.5 Å². The van der Waals surface area contributed by atoms with Crippen molar-refractivity contribution in [3.63, 3.8) is 0 Å². The van der Waals surface area contributed by atoms with Gasteiger partial charge in [0, 0.05) is 11.1 Å². The summed E-state index contributed by atoms with van der Waals surface area (Å²) in [6.07, 6.45) is 0. The Morgan fingerprint density at radius 1 is 1.15 bits per heavy atom. The Labute approximate surface area is 213 Å². The minimum absolute atomic E-state index is 0.0667. The fraction of sp³-hybridized carbons (Fsp3) is 0.240. The molecule has 0 aliphatic rings. The molecule has 34 heavy (non-hydrogen) atoms. The van der Waals surface area contributed by atoms with Crippen molar-refractivity contribution in [1.82, 2.24) is 5.43 Å². The largest absolute Gasteiger partial charge is 0.506 e. The first-order valence-electron chi connectivity index (χ1n) is 10.4. The van der Waals surface area contributed by atoms with Crippen LogP contribution in [-0.4, -0.2) is 29.0 Å². The second-order valence-electron chi connectivity index (χ2n) is 8.60. The number of benzene rings is 2. The minimum atomic E-state index is -0.516. The van der Waals surface area contributed by atoms with E-state index in [1.165, 1.54) is 24.0 Å². The Morgan fingerprint density at radius 2 is 1.82 bits per heavy atom. The fourth-order valence-corrected chi connectivity index (χ4v) is 4.59. The summed E-state index contributed by atoms with van der Waals surface area (Å²) in [6.45, 7) is 8.29. The van der Waals surface area contributed by atoms with Crippen LogP contribution < -0.4 is 10.7 Å². The Kier molecular flexibility index (Phi) is 7.97. The number of ether oxygens (including phenoxy) is 1. The molecule has 0 aliphatic heterocycles. The number of thiocarbonyl (C=S) groups is 1. The number of carbonyl (C=O) groups excluding carboxylic acids is 1. The summed E-state index contributed by atoms with van der Waals surface area (Å²) in [5.41, 5.74) is 7.07. The quantitative estimate of drug-likeness (QED) is 0.154. The highest BCUT2D eigenvalue weighted by Gasteiger charge is 2.17. The van der Waals surface area contributed by atoms with Gasteiger partial charge >= 0.3 is 5.97 Å². The van der Waals surface area contributed by atoms with Crippen LogP contribution in [0.5, 0.6) is 5.75 Å². The molecule has 6 nitrogen and oxygen atoms in total. The molecule has 3 aromatic rings. The molecule has 3 rings (SSSR count). The number of hydrazone groups is 1. The van der Waals surface area contributed by atoms with Gasteiger partial charge in [0.15, 0.2) is 5.11 Å². The number of esters is 1. The van der Waals surface area contributed by atoms with Crippen LogP contribution in [0.1, 0.15) is 49.2 Å². The third-order valence-corrected chi connectivity index (χ3v) is 6.65. The Balaban J connectivity index is 1.69. The van der Waals surface area contributed by atoms with Crippen LogP contribution in [-0.2, 0) is 10.2 Å². The highest BCUT2D eigenvalue weighted by atomic mass is 35.5. The first kappa shape index (κ1) is 25.7. The lowest BCUT2D eigenvalue weighted by molar-refractivity contribution is 0.0601. The van der Waals surface area contributed by atoms with E-state index in [0.717, 1.165) is 10.4 Å². The summed E-state index contributed by atoms with van der Waals surface area (Å²) in [7, 11) is 1.29. The maximum absolute atomic E-state index is 11.7. The molecule has 0 aliphatic carbocycles. The van der Waals surface area contributed by atoms with Crippen molar-refractivity contribution in [3.8, 4) is 16.2 Å². The van der Waals surface area contributed by atoms with Crippen LogP contribution in [0.25, 0.3) is 10.4 Å². The smallest absolute Gasteiger partial charge is 0.339 e. The highest BCUT2D eigenvalue weighted by Crippen LogP contribution is 2.39. The fourth-order valence-electron chi connectivity index (χ4n) is 3.16. The van der Waals surface area contributed by atoms with Gasteiger partial charge < -0.3 is 15.2 Å². The van der Waals surface area contributed by atoms with Crippen LogP contribution >= 0.6 is 35.2 Å². The van der Waals surface area contributed by atoms with Crippen molar-refractivity contribution in [2.24, 2.45) is 5.10 Å². The number of anilines is 1. The standard InChI is InChI=1S/C25H26ClN3O3S2/c1-14(28-29-24(33)27-17-10-11-18(20(26)12-17)23(31)32-5)19-13-34-22(21(19)30)15-6-8-16(9-7-15)25(2,3)4/h6-13,30H,1-5H3,(H2,27,29,33)/b28-14+. The summed E-state index contributed by atoms with van der Waals surface area (Å²) in [4.78, 5) is 12.4. The lowest BCUT2D eigenvalue weighted by atomic mass is 9.86. The summed E-state index contributed by atoms with van der Waals surface area (Å²) in [6, 6.07) is 13.0. The number of hydrogen-bond donors (Lipinski definition) is 3. The van der Waals surface area contributed by atoms with Gasteiger partial charge in [-0.2, -0.15) is 5.10 Å². The van der Waals surface area contributed by atoms with Gasteiger partial charge in [-0.05, 0) is 53.9 Å². The molecule has 178 valence electrons. The normalized spacial score (nSPS) is 11.8. The van der Waals surface area contributed by atoms with Crippen molar-refractivity contribution in [2.75, 3.05) is 12.4 Å². The second-order valence-corrected chi connectivity index (χ2v) is 10.3. The van der Waals surface area contributed by atoms with E-state index in [0.29, 0.717) is 17.0 Å². The number of nitrogens with zero attached hydrogens (tertiary/aromatic N) is 1. The van der Waals surface area contributed by atoms with E-state index >= 15 is 0 Å². The molecule has 0 saturated heterocycles. The summed E-state index contributed by atoms with van der Waals surface area (Å²) >= 11 is 12.9. The van der Waals surface area contributed by atoms with Gasteiger partial charge in [-0.15, -0.1) is 11.3 Å². The molecular formula is C25H26ClN3O3S2. The second kappa shape index (κ2) is 10.5. The number of methoxy groups -OCH3 is 1. The molecule has 1 aromatic heterocycles. The van der Waals surface area contributed by atoms with Crippen LogP contribution in [0.4, 0.5) is 5.69 Å². The monoisotopic (exact) mass is 515 g/mol. The highest BCUT2D eigenvalue weighted by molar-refractivity contribution is 7.80. The zero-order valence-electron chi connectivity index (χ0n) is 19.5. The third-order valence-electron chi connectivity index (χ3n) is 5.13. The van der Waals surface area contributed by atoms with E-state index in [2.05, 4.69) is 53.5 Å². The average Bonchev–Trinajstić information content (AvgIpc) is 3.18. The first-order valence-corrected chi connectivity index (χ1v) is 12.1. The predicted octanol–water partition coefficient (Wildman–Crippen LogP) is 6.57. The molecule has 0 radical (unpaired) electrons. The van der Waals surface area contributed by atoms with Crippen LogP contribution in [0.15, 0.2) is 52.9 Å². The van der Waals surface area contributed by atoms with Crippen molar-refractivity contribution in [1.29, 1.82) is 0 Å². The van der Waals surface area contributed by atoms with Crippen LogP contribution in [0.2, 0.25) is 5.02 Å². The molecule has 0 spiro atoms. The number of carbonyl (C=O) groups is 1. The summed E-state index contributed by atoms with van der Waals surface area (Å²) in [5, 5.41) is 20.4. The van der Waals surface area contributed by atoms with Gasteiger partial charge in [-0.1, -0.05) is 56.6 Å². The molecule has 1 heterocycles. The lowest BCUT2D eigenvalue weighted by Crippen LogP contribution is -2.25. The topological polar surface area (TPSA) is 83.0 Å². The van der Waals surface area contributed by atoms with Crippen LogP contribution in [0, 0.1) is 0 Å². The number of rotatable bonds is 5. The van der Waals surface area contributed by atoms with E-state index in [-0.39, 0.29) is 26.9 Å². The first-order chi connectivity index (χ1) is 16.0. The van der Waals surface area contributed by atoms with Gasteiger partial charge in [-0.25, -0.2) is 4.79 Å². The van der Waals surface area contributed by atoms with Crippen molar-refractivity contribution >= 4 is 57.6 Å². The Hall–Kier alpha value is -2.94. The van der Waals surface area contributed by atoms with E-state index in [1.54, 1.807) is 25.1 Å². The molecule has 0 unspecified atom stereocenters.